The molecule has 0 aromatic heterocycles. The normalized spacial score (nSPS) is 29.9. The molecule has 6 nitrogen and oxygen atoms in total. The van der Waals surface area contributed by atoms with E-state index in [4.69, 9.17) is 0 Å². The van der Waals surface area contributed by atoms with Crippen LogP contribution in [0.1, 0.15) is 45.4 Å². The zero-order valence-electron chi connectivity index (χ0n) is 12.2. The van der Waals surface area contributed by atoms with Crippen LogP contribution < -0.4 is 0 Å². The van der Waals surface area contributed by atoms with Gasteiger partial charge >= 0.3 is 5.97 Å². The number of aliphatic carboxylic acids is 1. The zero-order chi connectivity index (χ0) is 14.9. The Morgan fingerprint density at radius 3 is 2.35 bits per heavy atom. The van der Waals surface area contributed by atoms with Gasteiger partial charge in [0.05, 0.1) is 0 Å². The Hall–Kier alpha value is -0.660. The van der Waals surface area contributed by atoms with E-state index < -0.39 is 22.2 Å². The lowest BCUT2D eigenvalue weighted by atomic mass is 9.96. The molecule has 0 spiro atoms. The molecular formula is C13H24N2O4S. The van der Waals surface area contributed by atoms with Gasteiger partial charge in [-0.15, -0.1) is 0 Å². The quantitative estimate of drug-likeness (QED) is 0.849. The van der Waals surface area contributed by atoms with Gasteiger partial charge in [-0.1, -0.05) is 26.2 Å². The van der Waals surface area contributed by atoms with Crippen LogP contribution in [-0.4, -0.2) is 53.8 Å². The van der Waals surface area contributed by atoms with Crippen molar-refractivity contribution in [3.63, 3.8) is 0 Å². The first-order valence-electron chi connectivity index (χ1n) is 7.33. The third-order valence-corrected chi connectivity index (χ3v) is 6.68. The summed E-state index contributed by atoms with van der Waals surface area (Å²) in [5, 5.41) is 9.28. The number of nitrogens with zero attached hydrogens (tertiary/aromatic N) is 2. The maximum absolute atomic E-state index is 12.7. The van der Waals surface area contributed by atoms with Crippen LogP contribution in [0.2, 0.25) is 0 Å². The third-order valence-electron chi connectivity index (χ3n) is 4.66. The average Bonchev–Trinajstić information content (AvgIpc) is 2.81. The van der Waals surface area contributed by atoms with Crippen LogP contribution in [0, 0.1) is 5.92 Å². The molecule has 0 amide bonds. The Bertz CT molecular complexity index is 459. The summed E-state index contributed by atoms with van der Waals surface area (Å²) >= 11 is 0. The van der Waals surface area contributed by atoms with E-state index in [2.05, 4.69) is 0 Å². The van der Waals surface area contributed by atoms with E-state index in [9.17, 15) is 18.3 Å². The van der Waals surface area contributed by atoms with Gasteiger partial charge in [0, 0.05) is 19.6 Å². The molecule has 2 atom stereocenters. The highest BCUT2D eigenvalue weighted by atomic mass is 32.2. The minimum Gasteiger partial charge on any atom is -0.480 e. The highest BCUT2D eigenvalue weighted by molar-refractivity contribution is 7.86. The Morgan fingerprint density at radius 1 is 1.20 bits per heavy atom. The summed E-state index contributed by atoms with van der Waals surface area (Å²) in [6.07, 6.45) is 5.60. The van der Waals surface area contributed by atoms with Crippen LogP contribution in [0.3, 0.4) is 0 Å². The topological polar surface area (TPSA) is 77.9 Å². The summed E-state index contributed by atoms with van der Waals surface area (Å²) in [5.41, 5.74) is 0. The van der Waals surface area contributed by atoms with E-state index in [0.29, 0.717) is 13.0 Å². The largest absolute Gasteiger partial charge is 0.480 e. The summed E-state index contributed by atoms with van der Waals surface area (Å²) in [7, 11) is -2.09. The lowest BCUT2D eigenvalue weighted by molar-refractivity contribution is -0.141. The van der Waals surface area contributed by atoms with Crippen molar-refractivity contribution in [1.82, 2.24) is 8.61 Å². The molecular weight excluding hydrogens is 280 g/mol. The fourth-order valence-corrected chi connectivity index (χ4v) is 5.18. The number of hydrogen-bond acceptors (Lipinski definition) is 3. The first-order chi connectivity index (χ1) is 9.35. The average molecular weight is 304 g/mol. The molecule has 1 saturated carbocycles. The van der Waals surface area contributed by atoms with Crippen LogP contribution in [0.4, 0.5) is 0 Å². The molecule has 0 bridgehead atoms. The van der Waals surface area contributed by atoms with Gasteiger partial charge in [0.25, 0.3) is 10.2 Å². The second-order valence-electron chi connectivity index (χ2n) is 5.98. The number of hydrogen-bond donors (Lipinski definition) is 1. The van der Waals surface area contributed by atoms with Gasteiger partial charge in [0.1, 0.15) is 6.04 Å². The van der Waals surface area contributed by atoms with Gasteiger partial charge in [-0.2, -0.15) is 17.0 Å². The van der Waals surface area contributed by atoms with Crippen molar-refractivity contribution in [3.05, 3.63) is 0 Å². The van der Waals surface area contributed by atoms with Crippen LogP contribution in [0.15, 0.2) is 0 Å². The van der Waals surface area contributed by atoms with Gasteiger partial charge in [0.2, 0.25) is 0 Å². The Kier molecular flexibility index (Phi) is 4.71. The number of rotatable bonds is 4. The summed E-state index contributed by atoms with van der Waals surface area (Å²) in [6.45, 7) is 2.10. The molecule has 2 unspecified atom stereocenters. The van der Waals surface area contributed by atoms with Crippen molar-refractivity contribution >= 4 is 16.2 Å². The number of carbonyl (C=O) groups is 1. The summed E-state index contributed by atoms with van der Waals surface area (Å²) in [5.74, 6) is -1.18. The van der Waals surface area contributed by atoms with Crippen LogP contribution in [0.25, 0.3) is 0 Å². The molecule has 7 heteroatoms. The molecule has 20 heavy (non-hydrogen) atoms. The van der Waals surface area contributed by atoms with E-state index in [1.54, 1.807) is 14.0 Å². The fourth-order valence-electron chi connectivity index (χ4n) is 3.34. The van der Waals surface area contributed by atoms with Gasteiger partial charge < -0.3 is 5.11 Å². The van der Waals surface area contributed by atoms with Gasteiger partial charge in [-0.3, -0.25) is 4.79 Å². The highest BCUT2D eigenvalue weighted by Crippen LogP contribution is 2.31. The minimum absolute atomic E-state index is 0.0131. The molecule has 1 aliphatic carbocycles. The number of carboxylic acids is 1. The monoisotopic (exact) mass is 304 g/mol. The Morgan fingerprint density at radius 2 is 1.80 bits per heavy atom. The smallest absolute Gasteiger partial charge is 0.322 e. The van der Waals surface area contributed by atoms with Crippen molar-refractivity contribution in [2.45, 2.75) is 57.5 Å². The molecule has 0 aromatic rings. The van der Waals surface area contributed by atoms with Gasteiger partial charge in [-0.05, 0) is 25.2 Å². The first-order valence-corrected chi connectivity index (χ1v) is 8.73. The van der Waals surface area contributed by atoms with E-state index >= 15 is 0 Å². The zero-order valence-corrected chi connectivity index (χ0v) is 13.0. The fraction of sp³-hybridized carbons (Fsp3) is 0.923. The maximum atomic E-state index is 12.7. The minimum atomic E-state index is -3.68. The molecule has 0 radical (unpaired) electrons. The van der Waals surface area contributed by atoms with Crippen molar-refractivity contribution in [1.29, 1.82) is 0 Å². The lowest BCUT2D eigenvalue weighted by Crippen LogP contribution is -2.51. The molecule has 1 N–H and O–H groups in total. The maximum Gasteiger partial charge on any atom is 0.322 e. The van der Waals surface area contributed by atoms with Crippen molar-refractivity contribution in [3.8, 4) is 0 Å². The van der Waals surface area contributed by atoms with Gasteiger partial charge in [-0.25, -0.2) is 0 Å². The van der Waals surface area contributed by atoms with Gasteiger partial charge in [0.15, 0.2) is 0 Å². The summed E-state index contributed by atoms with van der Waals surface area (Å²) in [4.78, 5) is 11.3. The van der Waals surface area contributed by atoms with Crippen molar-refractivity contribution in [2.24, 2.45) is 5.92 Å². The highest BCUT2D eigenvalue weighted by Gasteiger charge is 2.45. The second-order valence-corrected chi connectivity index (χ2v) is 7.92. The third kappa shape index (κ3) is 2.84. The number of carboxylic acid groups (broad SMARTS) is 1. The van der Waals surface area contributed by atoms with Crippen LogP contribution >= 0.6 is 0 Å². The molecule has 0 aromatic carbocycles. The Balaban J connectivity index is 2.18. The summed E-state index contributed by atoms with van der Waals surface area (Å²) < 4.78 is 27.9. The molecule has 2 rings (SSSR count). The second kappa shape index (κ2) is 5.99. The SMILES string of the molecule is CC1CCN(S(=O)(=O)N(C)C2CCCCC2)C1C(=O)O. The van der Waals surface area contributed by atoms with E-state index in [0.717, 1.165) is 32.1 Å². The predicted molar refractivity (Wildman–Crippen MR) is 75.5 cm³/mol. The van der Waals surface area contributed by atoms with Crippen LogP contribution in [0.5, 0.6) is 0 Å². The Labute approximate surface area is 120 Å². The van der Waals surface area contributed by atoms with E-state index in [1.165, 1.54) is 8.61 Å². The molecule has 1 heterocycles. The first kappa shape index (κ1) is 15.7. The summed E-state index contributed by atoms with van der Waals surface area (Å²) in [6, 6.07) is -0.912. The molecule has 116 valence electrons. The van der Waals surface area contributed by atoms with Crippen molar-refractivity contribution < 1.29 is 18.3 Å². The van der Waals surface area contributed by atoms with Crippen LogP contribution in [-0.2, 0) is 15.0 Å². The molecule has 2 fully saturated rings. The molecule has 1 saturated heterocycles. The molecule has 1 aliphatic heterocycles. The van der Waals surface area contributed by atoms with Crippen molar-refractivity contribution in [2.75, 3.05) is 13.6 Å². The van der Waals surface area contributed by atoms with E-state index in [1.807, 2.05) is 0 Å². The predicted octanol–water partition coefficient (Wildman–Crippen LogP) is 1.29. The standard InChI is InChI=1S/C13H24N2O4S/c1-10-8-9-15(12(10)13(16)17)20(18,19)14(2)11-6-4-3-5-7-11/h10-12H,3-9H2,1-2H3,(H,16,17). The molecule has 2 aliphatic rings. The van der Waals surface area contributed by atoms with E-state index in [-0.39, 0.29) is 12.0 Å². The lowest BCUT2D eigenvalue weighted by Gasteiger charge is -2.34.